The second-order valence-electron chi connectivity index (χ2n) is 2.38. The van der Waals surface area contributed by atoms with Gasteiger partial charge in [0.25, 0.3) is 0 Å². The first-order valence-corrected chi connectivity index (χ1v) is 3.50. The van der Waals surface area contributed by atoms with E-state index in [9.17, 15) is 4.79 Å². The second kappa shape index (κ2) is 3.65. The first-order valence-electron chi connectivity index (χ1n) is 3.50. The molecule has 0 aliphatic heterocycles. The van der Waals surface area contributed by atoms with Crippen molar-refractivity contribution in [1.29, 1.82) is 5.26 Å². The van der Waals surface area contributed by atoms with Gasteiger partial charge in [0.05, 0.1) is 5.69 Å². The van der Waals surface area contributed by atoms with Gasteiger partial charge < -0.3 is 10.8 Å². The van der Waals surface area contributed by atoms with Crippen molar-refractivity contribution in [1.82, 2.24) is 4.98 Å². The minimum Gasteiger partial charge on any atom is -0.480 e. The maximum Gasteiger partial charge on any atom is 0.326 e. The number of nitriles is 1. The van der Waals surface area contributed by atoms with E-state index in [0.717, 1.165) is 0 Å². The summed E-state index contributed by atoms with van der Waals surface area (Å²) in [5, 5.41) is 17.0. The molecule has 1 rings (SSSR count). The Morgan fingerprint density at radius 3 is 2.92 bits per heavy atom. The van der Waals surface area contributed by atoms with Crippen LogP contribution in [0.5, 0.6) is 0 Å². The highest BCUT2D eigenvalue weighted by molar-refractivity contribution is 5.74. The van der Waals surface area contributed by atoms with E-state index in [2.05, 4.69) is 4.98 Å². The zero-order chi connectivity index (χ0) is 9.84. The van der Waals surface area contributed by atoms with Crippen molar-refractivity contribution < 1.29 is 9.90 Å². The van der Waals surface area contributed by atoms with Crippen molar-refractivity contribution >= 4 is 5.97 Å². The lowest BCUT2D eigenvalue weighted by Crippen LogP contribution is -2.21. The van der Waals surface area contributed by atoms with Gasteiger partial charge in [0, 0.05) is 0 Å². The number of hydrogen-bond acceptors (Lipinski definition) is 4. The number of nitrogens with zero attached hydrogens (tertiary/aromatic N) is 2. The topological polar surface area (TPSA) is 100 Å². The SMILES string of the molecule is N#Cc1cccc(C(N)C(=O)O)n1. The fourth-order valence-electron chi connectivity index (χ4n) is 0.813. The number of hydrogen-bond donors (Lipinski definition) is 2. The third-order valence-electron chi connectivity index (χ3n) is 1.47. The van der Waals surface area contributed by atoms with Crippen LogP contribution in [0.25, 0.3) is 0 Å². The molecule has 0 aliphatic carbocycles. The average molecular weight is 177 g/mol. The van der Waals surface area contributed by atoms with E-state index in [4.69, 9.17) is 16.1 Å². The van der Waals surface area contributed by atoms with Crippen LogP contribution in [0.15, 0.2) is 18.2 Å². The molecule has 0 saturated carbocycles. The van der Waals surface area contributed by atoms with Crippen LogP contribution in [-0.4, -0.2) is 16.1 Å². The molecule has 5 heteroatoms. The quantitative estimate of drug-likeness (QED) is 0.664. The van der Waals surface area contributed by atoms with Crippen molar-refractivity contribution in [3.05, 3.63) is 29.6 Å². The number of aromatic nitrogens is 1. The van der Waals surface area contributed by atoms with Gasteiger partial charge in [-0.2, -0.15) is 5.26 Å². The molecule has 0 aromatic carbocycles. The van der Waals surface area contributed by atoms with Crippen molar-refractivity contribution in [2.75, 3.05) is 0 Å². The van der Waals surface area contributed by atoms with Crippen LogP contribution in [0.2, 0.25) is 0 Å². The zero-order valence-corrected chi connectivity index (χ0v) is 6.64. The van der Waals surface area contributed by atoms with Gasteiger partial charge in [-0.3, -0.25) is 4.79 Å². The highest BCUT2D eigenvalue weighted by Gasteiger charge is 2.15. The molecule has 0 radical (unpaired) electrons. The molecular formula is C8H7N3O2. The molecular weight excluding hydrogens is 170 g/mol. The van der Waals surface area contributed by atoms with Crippen LogP contribution in [0, 0.1) is 11.3 Å². The second-order valence-corrected chi connectivity index (χ2v) is 2.38. The fraction of sp³-hybridized carbons (Fsp3) is 0.125. The van der Waals surface area contributed by atoms with Gasteiger partial charge >= 0.3 is 5.97 Å². The lowest BCUT2D eigenvalue weighted by Gasteiger charge is -2.04. The molecule has 1 aromatic rings. The first-order chi connectivity index (χ1) is 6.15. The fourth-order valence-corrected chi connectivity index (χ4v) is 0.813. The lowest BCUT2D eigenvalue weighted by molar-refractivity contribution is -0.138. The summed E-state index contributed by atoms with van der Waals surface area (Å²) >= 11 is 0. The number of rotatable bonds is 2. The third-order valence-corrected chi connectivity index (χ3v) is 1.47. The molecule has 5 nitrogen and oxygen atoms in total. The van der Waals surface area contributed by atoms with E-state index in [0.29, 0.717) is 0 Å². The molecule has 0 fully saturated rings. The molecule has 66 valence electrons. The molecule has 13 heavy (non-hydrogen) atoms. The van der Waals surface area contributed by atoms with Crippen molar-refractivity contribution in [2.45, 2.75) is 6.04 Å². The van der Waals surface area contributed by atoms with E-state index in [1.807, 2.05) is 0 Å². The predicted molar refractivity (Wildman–Crippen MR) is 43.5 cm³/mol. The van der Waals surface area contributed by atoms with Crippen molar-refractivity contribution in [2.24, 2.45) is 5.73 Å². The van der Waals surface area contributed by atoms with Crippen molar-refractivity contribution in [3.63, 3.8) is 0 Å². The van der Waals surface area contributed by atoms with Crippen LogP contribution < -0.4 is 5.73 Å². The molecule has 0 bridgehead atoms. The molecule has 0 spiro atoms. The smallest absolute Gasteiger partial charge is 0.326 e. The zero-order valence-electron chi connectivity index (χ0n) is 6.64. The Hall–Kier alpha value is -1.93. The summed E-state index contributed by atoms with van der Waals surface area (Å²) < 4.78 is 0. The normalized spacial score (nSPS) is 11.7. The van der Waals surface area contributed by atoms with Gasteiger partial charge in [-0.1, -0.05) is 6.07 Å². The number of aliphatic carboxylic acids is 1. The Bertz CT molecular complexity index is 370. The minimum absolute atomic E-state index is 0.161. The highest BCUT2D eigenvalue weighted by Crippen LogP contribution is 2.07. The Morgan fingerprint density at radius 1 is 1.69 bits per heavy atom. The minimum atomic E-state index is -1.17. The van der Waals surface area contributed by atoms with Crippen molar-refractivity contribution in [3.8, 4) is 6.07 Å². The summed E-state index contributed by atoms with van der Waals surface area (Å²) in [5.41, 5.74) is 5.64. The molecule has 1 heterocycles. The molecule has 0 aliphatic rings. The van der Waals surface area contributed by atoms with Gasteiger partial charge in [0.1, 0.15) is 17.8 Å². The maximum absolute atomic E-state index is 10.5. The first kappa shape index (κ1) is 9.16. The molecule has 0 amide bonds. The van der Waals surface area contributed by atoms with E-state index >= 15 is 0 Å². The Morgan fingerprint density at radius 2 is 2.38 bits per heavy atom. The largest absolute Gasteiger partial charge is 0.480 e. The van der Waals surface area contributed by atoms with E-state index in [1.165, 1.54) is 12.1 Å². The average Bonchev–Trinajstić information content (AvgIpc) is 2.16. The maximum atomic E-state index is 10.5. The summed E-state index contributed by atoms with van der Waals surface area (Å²) in [7, 11) is 0. The van der Waals surface area contributed by atoms with Gasteiger partial charge in [-0.15, -0.1) is 0 Å². The summed E-state index contributed by atoms with van der Waals surface area (Å²) in [6, 6.07) is 5.13. The van der Waals surface area contributed by atoms with Crippen LogP contribution in [0.4, 0.5) is 0 Å². The van der Waals surface area contributed by atoms with E-state index in [-0.39, 0.29) is 11.4 Å². The van der Waals surface area contributed by atoms with Crippen LogP contribution >= 0.6 is 0 Å². The van der Waals surface area contributed by atoms with E-state index < -0.39 is 12.0 Å². The van der Waals surface area contributed by atoms with Gasteiger partial charge in [0.15, 0.2) is 0 Å². The Balaban J connectivity index is 3.03. The van der Waals surface area contributed by atoms with E-state index in [1.54, 1.807) is 12.1 Å². The number of nitrogens with two attached hydrogens (primary N) is 1. The number of pyridine rings is 1. The van der Waals surface area contributed by atoms with Crippen LogP contribution in [0.3, 0.4) is 0 Å². The number of carboxylic acids is 1. The Labute approximate surface area is 74.4 Å². The number of carboxylic acid groups (broad SMARTS) is 1. The predicted octanol–water partition coefficient (Wildman–Crippen LogP) is 0.0377. The van der Waals surface area contributed by atoms with Gasteiger partial charge in [-0.25, -0.2) is 4.98 Å². The summed E-state index contributed by atoms with van der Waals surface area (Å²) in [6.45, 7) is 0. The molecule has 0 saturated heterocycles. The molecule has 1 unspecified atom stereocenters. The summed E-state index contributed by atoms with van der Waals surface area (Å²) in [5.74, 6) is -1.16. The van der Waals surface area contributed by atoms with Crippen LogP contribution in [-0.2, 0) is 4.79 Å². The lowest BCUT2D eigenvalue weighted by atomic mass is 10.2. The Kier molecular flexibility index (Phi) is 2.57. The standard InChI is InChI=1S/C8H7N3O2/c9-4-5-2-1-3-6(11-5)7(10)8(12)13/h1-3,7H,10H2,(H,12,13). The monoisotopic (exact) mass is 177 g/mol. The number of carbonyl (C=O) groups is 1. The summed E-state index contributed by atoms with van der Waals surface area (Å²) in [6.07, 6.45) is 0. The molecule has 1 aromatic heterocycles. The summed E-state index contributed by atoms with van der Waals surface area (Å²) in [4.78, 5) is 14.2. The molecule has 1 atom stereocenters. The third kappa shape index (κ3) is 2.01. The molecule has 3 N–H and O–H groups in total. The highest BCUT2D eigenvalue weighted by atomic mass is 16.4. The van der Waals surface area contributed by atoms with Gasteiger partial charge in [-0.05, 0) is 12.1 Å². The van der Waals surface area contributed by atoms with Gasteiger partial charge in [0.2, 0.25) is 0 Å². The van der Waals surface area contributed by atoms with Crippen LogP contribution in [0.1, 0.15) is 17.4 Å².